The van der Waals surface area contributed by atoms with E-state index in [4.69, 9.17) is 4.74 Å². The Morgan fingerprint density at radius 2 is 1.80 bits per heavy atom. The van der Waals surface area contributed by atoms with Gasteiger partial charge in [-0.25, -0.2) is 13.2 Å². The van der Waals surface area contributed by atoms with Gasteiger partial charge in [-0.1, -0.05) is 6.07 Å². The summed E-state index contributed by atoms with van der Waals surface area (Å²) >= 11 is 0. The fourth-order valence-corrected chi connectivity index (χ4v) is 4.46. The van der Waals surface area contributed by atoms with Gasteiger partial charge in [-0.05, 0) is 65.7 Å². The first-order valence-corrected chi connectivity index (χ1v) is 11.6. The molecule has 2 rings (SSSR count). The quantitative estimate of drug-likeness (QED) is 0.761. The number of hydrogen-bond donors (Lipinski definition) is 1. The average molecular weight is 440 g/mol. The van der Waals surface area contributed by atoms with E-state index >= 15 is 0 Å². The average Bonchev–Trinajstić information content (AvgIpc) is 2.66. The van der Waals surface area contributed by atoms with E-state index in [1.807, 2.05) is 20.8 Å². The summed E-state index contributed by atoms with van der Waals surface area (Å²) in [5.41, 5.74) is -0.250. The lowest BCUT2D eigenvalue weighted by molar-refractivity contribution is 0.0199. The molecule has 1 heterocycles. The van der Waals surface area contributed by atoms with Gasteiger partial charge < -0.3 is 15.0 Å². The Morgan fingerprint density at radius 3 is 2.33 bits per heavy atom. The van der Waals surface area contributed by atoms with Gasteiger partial charge in [-0.2, -0.15) is 4.31 Å². The van der Waals surface area contributed by atoms with Crippen molar-refractivity contribution < 1.29 is 22.7 Å². The number of benzene rings is 1. The van der Waals surface area contributed by atoms with Crippen LogP contribution in [0.2, 0.25) is 0 Å². The number of ether oxygens (including phenoxy) is 1. The molecule has 1 aliphatic heterocycles. The molecule has 1 saturated heterocycles. The monoisotopic (exact) mass is 439 g/mol. The zero-order valence-electron chi connectivity index (χ0n) is 18.6. The summed E-state index contributed by atoms with van der Waals surface area (Å²) in [5.74, 6) is -0.324. The van der Waals surface area contributed by atoms with Gasteiger partial charge in [0.1, 0.15) is 5.60 Å². The molecule has 0 unspecified atom stereocenters. The van der Waals surface area contributed by atoms with Gasteiger partial charge in [-0.15, -0.1) is 0 Å². The van der Waals surface area contributed by atoms with Gasteiger partial charge in [0.2, 0.25) is 10.0 Å². The molecule has 0 saturated carbocycles. The maximum Gasteiger partial charge on any atom is 0.410 e. The Morgan fingerprint density at radius 1 is 1.20 bits per heavy atom. The van der Waals surface area contributed by atoms with Gasteiger partial charge in [0.15, 0.2) is 0 Å². The van der Waals surface area contributed by atoms with Crippen LogP contribution in [0.5, 0.6) is 0 Å². The Balaban J connectivity index is 1.99. The molecule has 1 aliphatic rings. The number of rotatable bonds is 5. The van der Waals surface area contributed by atoms with Gasteiger partial charge >= 0.3 is 6.09 Å². The summed E-state index contributed by atoms with van der Waals surface area (Å²) in [6.07, 6.45) is 0.873. The van der Waals surface area contributed by atoms with Crippen molar-refractivity contribution >= 4 is 22.0 Å². The van der Waals surface area contributed by atoms with Crippen molar-refractivity contribution in [2.75, 3.05) is 20.1 Å². The number of likely N-dealkylation sites (tertiary alicyclic amines) is 1. The van der Waals surface area contributed by atoms with E-state index in [2.05, 4.69) is 5.32 Å². The van der Waals surface area contributed by atoms with Crippen molar-refractivity contribution in [3.8, 4) is 0 Å². The maximum absolute atomic E-state index is 12.7. The van der Waals surface area contributed by atoms with Gasteiger partial charge in [0.25, 0.3) is 5.91 Å². The number of nitrogens with one attached hydrogen (secondary N) is 1. The molecule has 0 atom stereocenters. The molecule has 0 aromatic heterocycles. The van der Waals surface area contributed by atoms with Crippen LogP contribution in [-0.2, 0) is 14.8 Å². The third-order valence-corrected chi connectivity index (χ3v) is 7.01. The first-order chi connectivity index (χ1) is 13.8. The largest absolute Gasteiger partial charge is 0.444 e. The third-order valence-electron chi connectivity index (χ3n) is 4.98. The molecular formula is C21H33N3O5S. The molecule has 2 amide bonds. The van der Waals surface area contributed by atoms with E-state index < -0.39 is 15.6 Å². The van der Waals surface area contributed by atoms with E-state index in [1.54, 1.807) is 30.9 Å². The zero-order valence-corrected chi connectivity index (χ0v) is 19.5. The van der Waals surface area contributed by atoms with Crippen LogP contribution in [0.15, 0.2) is 29.2 Å². The minimum Gasteiger partial charge on any atom is -0.444 e. The van der Waals surface area contributed by atoms with E-state index in [1.165, 1.54) is 23.5 Å². The fraction of sp³-hybridized carbons (Fsp3) is 0.619. The second-order valence-electron chi connectivity index (χ2n) is 8.86. The minimum atomic E-state index is -3.66. The maximum atomic E-state index is 12.7. The number of sulfonamides is 1. The second kappa shape index (κ2) is 9.34. The second-order valence-corrected chi connectivity index (χ2v) is 10.9. The normalized spacial score (nSPS) is 16.1. The highest BCUT2D eigenvalue weighted by molar-refractivity contribution is 7.89. The molecule has 0 radical (unpaired) electrons. The Labute approximate surface area is 179 Å². The lowest BCUT2D eigenvalue weighted by Gasteiger charge is -2.33. The molecule has 1 fully saturated rings. The molecule has 1 aromatic carbocycles. The third kappa shape index (κ3) is 6.18. The van der Waals surface area contributed by atoms with Crippen LogP contribution in [0.3, 0.4) is 0 Å². The van der Waals surface area contributed by atoms with Crippen LogP contribution in [0, 0.1) is 0 Å². The van der Waals surface area contributed by atoms with Crippen molar-refractivity contribution in [2.24, 2.45) is 0 Å². The Bertz CT molecular complexity index is 869. The standard InChI is InChI=1S/C21H33N3O5S/c1-15(2)23(6)30(27,28)18-9-7-8-16(14-18)19(25)22-17-10-12-24(13-11-17)20(26)29-21(3,4)5/h7-9,14-15,17H,10-13H2,1-6H3,(H,22,25). The van der Waals surface area contributed by atoms with E-state index in [0.717, 1.165) is 0 Å². The molecule has 0 aliphatic carbocycles. The number of hydrogen-bond acceptors (Lipinski definition) is 5. The summed E-state index contributed by atoms with van der Waals surface area (Å²) in [4.78, 5) is 26.6. The highest BCUT2D eigenvalue weighted by Crippen LogP contribution is 2.19. The predicted molar refractivity (Wildman–Crippen MR) is 115 cm³/mol. The van der Waals surface area contributed by atoms with Crippen molar-refractivity contribution in [1.29, 1.82) is 0 Å². The van der Waals surface area contributed by atoms with Crippen molar-refractivity contribution in [2.45, 2.75) is 70.0 Å². The summed E-state index contributed by atoms with van der Waals surface area (Å²) in [5, 5.41) is 2.95. The van der Waals surface area contributed by atoms with Crippen LogP contribution in [0.25, 0.3) is 0 Å². The Kier molecular flexibility index (Phi) is 7.52. The summed E-state index contributed by atoms with van der Waals surface area (Å²) in [6.45, 7) is 10.0. The number of carbonyl (C=O) groups is 2. The van der Waals surface area contributed by atoms with Crippen LogP contribution >= 0.6 is 0 Å². The van der Waals surface area contributed by atoms with Crippen LogP contribution in [0.4, 0.5) is 4.79 Å². The molecule has 0 bridgehead atoms. The summed E-state index contributed by atoms with van der Waals surface area (Å²) in [6, 6.07) is 5.78. The SMILES string of the molecule is CC(C)N(C)S(=O)(=O)c1cccc(C(=O)NC2CCN(C(=O)OC(C)(C)C)CC2)c1. The molecule has 8 nitrogen and oxygen atoms in total. The van der Waals surface area contributed by atoms with Gasteiger partial charge in [0, 0.05) is 37.8 Å². The molecule has 1 aromatic rings. The molecule has 30 heavy (non-hydrogen) atoms. The van der Waals surface area contributed by atoms with Gasteiger partial charge in [-0.3, -0.25) is 4.79 Å². The summed E-state index contributed by atoms with van der Waals surface area (Å²) in [7, 11) is -2.14. The van der Waals surface area contributed by atoms with Crippen LogP contribution < -0.4 is 5.32 Å². The number of amides is 2. The van der Waals surface area contributed by atoms with E-state index in [0.29, 0.717) is 31.5 Å². The zero-order chi connectivity index (χ0) is 22.7. The topological polar surface area (TPSA) is 96.0 Å². The first kappa shape index (κ1) is 24.1. The van der Waals surface area contributed by atoms with E-state index in [9.17, 15) is 18.0 Å². The van der Waals surface area contributed by atoms with E-state index in [-0.39, 0.29) is 29.0 Å². The number of piperidine rings is 1. The Hall–Kier alpha value is -2.13. The van der Waals surface area contributed by atoms with Gasteiger partial charge in [0.05, 0.1) is 4.90 Å². The first-order valence-electron chi connectivity index (χ1n) is 10.2. The van der Waals surface area contributed by atoms with Crippen LogP contribution in [-0.4, -0.2) is 67.4 Å². The number of carbonyl (C=O) groups excluding carboxylic acids is 2. The summed E-state index contributed by atoms with van der Waals surface area (Å²) < 4.78 is 32.0. The highest BCUT2D eigenvalue weighted by Gasteiger charge is 2.28. The minimum absolute atomic E-state index is 0.0882. The molecule has 1 N–H and O–H groups in total. The highest BCUT2D eigenvalue weighted by atomic mass is 32.2. The smallest absolute Gasteiger partial charge is 0.410 e. The number of nitrogens with zero attached hydrogens (tertiary/aromatic N) is 2. The molecule has 0 spiro atoms. The molecular weight excluding hydrogens is 406 g/mol. The fourth-order valence-electron chi connectivity index (χ4n) is 3.04. The predicted octanol–water partition coefficient (Wildman–Crippen LogP) is 2.84. The van der Waals surface area contributed by atoms with Crippen molar-refractivity contribution in [3.63, 3.8) is 0 Å². The lowest BCUT2D eigenvalue weighted by Crippen LogP contribution is -2.47. The lowest BCUT2D eigenvalue weighted by atomic mass is 10.0. The van der Waals surface area contributed by atoms with Crippen molar-refractivity contribution in [3.05, 3.63) is 29.8 Å². The van der Waals surface area contributed by atoms with Crippen molar-refractivity contribution in [1.82, 2.24) is 14.5 Å². The molecule has 168 valence electrons. The van der Waals surface area contributed by atoms with Crippen LogP contribution in [0.1, 0.15) is 57.8 Å². The molecule has 9 heteroatoms.